The molecule has 0 aliphatic carbocycles. The SMILES string of the molecule is Cc1cccc(OCC(=O)N(CCN)CCc2ccccc2)c1. The van der Waals surface area contributed by atoms with Crippen molar-refractivity contribution >= 4 is 5.91 Å². The van der Waals surface area contributed by atoms with Crippen LogP contribution in [0.2, 0.25) is 0 Å². The first kappa shape index (κ1) is 17.0. The lowest BCUT2D eigenvalue weighted by Crippen LogP contribution is -2.39. The quantitative estimate of drug-likeness (QED) is 0.814. The molecular weight excluding hydrogens is 288 g/mol. The number of carbonyl (C=O) groups excluding carboxylic acids is 1. The molecule has 0 aliphatic heterocycles. The predicted molar refractivity (Wildman–Crippen MR) is 92.5 cm³/mol. The maximum Gasteiger partial charge on any atom is 0.260 e. The fourth-order valence-corrected chi connectivity index (χ4v) is 2.37. The molecule has 4 nitrogen and oxygen atoms in total. The summed E-state index contributed by atoms with van der Waals surface area (Å²) in [4.78, 5) is 14.1. The monoisotopic (exact) mass is 312 g/mol. The topological polar surface area (TPSA) is 55.6 Å². The van der Waals surface area contributed by atoms with E-state index in [0.29, 0.717) is 25.4 Å². The third-order valence-corrected chi connectivity index (χ3v) is 3.62. The van der Waals surface area contributed by atoms with E-state index in [4.69, 9.17) is 10.5 Å². The zero-order valence-electron chi connectivity index (χ0n) is 13.6. The Bertz CT molecular complexity index is 614. The molecule has 0 heterocycles. The number of aryl methyl sites for hydroxylation is 1. The Morgan fingerprint density at radius 3 is 2.57 bits per heavy atom. The number of benzene rings is 2. The summed E-state index contributed by atoms with van der Waals surface area (Å²) in [5, 5.41) is 0. The molecular formula is C19H24N2O2. The van der Waals surface area contributed by atoms with Gasteiger partial charge in [0, 0.05) is 19.6 Å². The highest BCUT2D eigenvalue weighted by Gasteiger charge is 2.13. The maximum absolute atomic E-state index is 12.4. The molecule has 0 fully saturated rings. The van der Waals surface area contributed by atoms with Crippen LogP contribution >= 0.6 is 0 Å². The number of hydrogen-bond acceptors (Lipinski definition) is 3. The van der Waals surface area contributed by atoms with Crippen molar-refractivity contribution in [2.75, 3.05) is 26.2 Å². The molecule has 0 unspecified atom stereocenters. The molecule has 2 aromatic carbocycles. The van der Waals surface area contributed by atoms with Gasteiger partial charge in [0.25, 0.3) is 5.91 Å². The van der Waals surface area contributed by atoms with E-state index in [2.05, 4.69) is 12.1 Å². The molecule has 0 saturated carbocycles. The van der Waals surface area contributed by atoms with Gasteiger partial charge in [-0.05, 0) is 36.6 Å². The average molecular weight is 312 g/mol. The van der Waals surface area contributed by atoms with Gasteiger partial charge in [-0.25, -0.2) is 0 Å². The molecule has 23 heavy (non-hydrogen) atoms. The van der Waals surface area contributed by atoms with Crippen LogP contribution in [0.3, 0.4) is 0 Å². The third-order valence-electron chi connectivity index (χ3n) is 3.62. The average Bonchev–Trinajstić information content (AvgIpc) is 2.57. The fourth-order valence-electron chi connectivity index (χ4n) is 2.37. The molecule has 2 rings (SSSR count). The summed E-state index contributed by atoms with van der Waals surface area (Å²) in [6.07, 6.45) is 0.816. The van der Waals surface area contributed by atoms with E-state index in [1.165, 1.54) is 5.56 Å². The van der Waals surface area contributed by atoms with Gasteiger partial charge in [-0.2, -0.15) is 0 Å². The zero-order valence-corrected chi connectivity index (χ0v) is 13.6. The first-order chi connectivity index (χ1) is 11.2. The van der Waals surface area contributed by atoms with Gasteiger partial charge in [0.2, 0.25) is 0 Å². The Hall–Kier alpha value is -2.33. The summed E-state index contributed by atoms with van der Waals surface area (Å²) in [6, 6.07) is 17.8. The van der Waals surface area contributed by atoms with Crippen LogP contribution in [0, 0.1) is 6.92 Å². The van der Waals surface area contributed by atoms with Gasteiger partial charge in [0.15, 0.2) is 6.61 Å². The van der Waals surface area contributed by atoms with E-state index in [-0.39, 0.29) is 12.5 Å². The van der Waals surface area contributed by atoms with Gasteiger partial charge in [0.1, 0.15) is 5.75 Å². The molecule has 0 aromatic heterocycles. The lowest BCUT2D eigenvalue weighted by Gasteiger charge is -2.22. The van der Waals surface area contributed by atoms with E-state index in [0.717, 1.165) is 12.0 Å². The zero-order chi connectivity index (χ0) is 16.5. The Kier molecular flexibility index (Phi) is 6.63. The second kappa shape index (κ2) is 8.96. The van der Waals surface area contributed by atoms with Crippen molar-refractivity contribution < 1.29 is 9.53 Å². The first-order valence-corrected chi connectivity index (χ1v) is 7.90. The maximum atomic E-state index is 12.4. The van der Waals surface area contributed by atoms with E-state index >= 15 is 0 Å². The molecule has 1 amide bonds. The van der Waals surface area contributed by atoms with Crippen molar-refractivity contribution in [2.45, 2.75) is 13.3 Å². The summed E-state index contributed by atoms with van der Waals surface area (Å²) in [5.74, 6) is 0.682. The van der Waals surface area contributed by atoms with Gasteiger partial charge >= 0.3 is 0 Å². The van der Waals surface area contributed by atoms with E-state index in [9.17, 15) is 4.79 Å². The number of nitrogens with two attached hydrogens (primary N) is 1. The van der Waals surface area contributed by atoms with Crippen LogP contribution < -0.4 is 10.5 Å². The highest BCUT2D eigenvalue weighted by Crippen LogP contribution is 2.12. The Balaban J connectivity index is 1.87. The van der Waals surface area contributed by atoms with E-state index in [1.54, 1.807) is 4.90 Å². The van der Waals surface area contributed by atoms with Crippen LogP contribution in [-0.2, 0) is 11.2 Å². The third kappa shape index (κ3) is 5.75. The summed E-state index contributed by atoms with van der Waals surface area (Å²) in [5.41, 5.74) is 7.95. The highest BCUT2D eigenvalue weighted by molar-refractivity contribution is 5.77. The lowest BCUT2D eigenvalue weighted by molar-refractivity contribution is -0.133. The van der Waals surface area contributed by atoms with Crippen molar-refractivity contribution in [3.8, 4) is 5.75 Å². The minimum absolute atomic E-state index is 0.0344. The molecule has 0 radical (unpaired) electrons. The Morgan fingerprint density at radius 2 is 1.87 bits per heavy atom. The van der Waals surface area contributed by atoms with Crippen LogP contribution in [0.1, 0.15) is 11.1 Å². The smallest absolute Gasteiger partial charge is 0.260 e. The first-order valence-electron chi connectivity index (χ1n) is 7.90. The second-order valence-corrected chi connectivity index (χ2v) is 5.51. The molecule has 0 saturated heterocycles. The van der Waals surface area contributed by atoms with Crippen LogP contribution in [0.4, 0.5) is 0 Å². The normalized spacial score (nSPS) is 10.3. The number of rotatable bonds is 8. The van der Waals surface area contributed by atoms with Gasteiger partial charge in [-0.1, -0.05) is 42.5 Å². The number of hydrogen-bond donors (Lipinski definition) is 1. The van der Waals surface area contributed by atoms with Gasteiger partial charge in [-0.15, -0.1) is 0 Å². The number of carbonyl (C=O) groups is 1. The van der Waals surface area contributed by atoms with Crippen LogP contribution in [-0.4, -0.2) is 37.0 Å². The lowest BCUT2D eigenvalue weighted by atomic mass is 10.1. The second-order valence-electron chi connectivity index (χ2n) is 5.51. The molecule has 4 heteroatoms. The largest absolute Gasteiger partial charge is 0.484 e. The van der Waals surface area contributed by atoms with Crippen LogP contribution in [0.15, 0.2) is 54.6 Å². The Morgan fingerprint density at radius 1 is 1.09 bits per heavy atom. The van der Waals surface area contributed by atoms with Crippen LogP contribution in [0.25, 0.3) is 0 Å². The molecule has 2 N–H and O–H groups in total. The molecule has 0 atom stereocenters. The Labute approximate surface area is 137 Å². The van der Waals surface area contributed by atoms with Gasteiger partial charge in [-0.3, -0.25) is 4.79 Å². The minimum Gasteiger partial charge on any atom is -0.484 e. The van der Waals surface area contributed by atoms with E-state index in [1.807, 2.05) is 49.4 Å². The van der Waals surface area contributed by atoms with Crippen molar-refractivity contribution in [3.63, 3.8) is 0 Å². The summed E-state index contributed by atoms with van der Waals surface area (Å²) < 4.78 is 5.60. The number of nitrogens with zero attached hydrogens (tertiary/aromatic N) is 1. The van der Waals surface area contributed by atoms with Gasteiger partial charge < -0.3 is 15.4 Å². The van der Waals surface area contributed by atoms with Gasteiger partial charge in [0.05, 0.1) is 0 Å². The summed E-state index contributed by atoms with van der Waals surface area (Å²) in [6.45, 7) is 3.68. The predicted octanol–water partition coefficient (Wildman–Crippen LogP) is 2.40. The van der Waals surface area contributed by atoms with Crippen molar-refractivity contribution in [2.24, 2.45) is 5.73 Å². The van der Waals surface area contributed by atoms with Crippen molar-refractivity contribution in [1.82, 2.24) is 4.90 Å². The van der Waals surface area contributed by atoms with Crippen molar-refractivity contribution in [1.29, 1.82) is 0 Å². The molecule has 2 aromatic rings. The minimum atomic E-state index is -0.0344. The standard InChI is InChI=1S/C19H24N2O2/c1-16-6-5-9-18(14-16)23-15-19(22)21(13-11-20)12-10-17-7-3-2-4-8-17/h2-9,14H,10-13,15,20H2,1H3. The molecule has 0 bridgehead atoms. The number of amides is 1. The highest BCUT2D eigenvalue weighted by atomic mass is 16.5. The van der Waals surface area contributed by atoms with E-state index < -0.39 is 0 Å². The summed E-state index contributed by atoms with van der Waals surface area (Å²) in [7, 11) is 0. The number of ether oxygens (including phenoxy) is 1. The summed E-state index contributed by atoms with van der Waals surface area (Å²) >= 11 is 0. The van der Waals surface area contributed by atoms with Crippen LogP contribution in [0.5, 0.6) is 5.75 Å². The molecule has 122 valence electrons. The molecule has 0 spiro atoms. The fraction of sp³-hybridized carbons (Fsp3) is 0.316. The van der Waals surface area contributed by atoms with Crippen molar-refractivity contribution in [3.05, 3.63) is 65.7 Å². The molecule has 0 aliphatic rings.